The highest BCUT2D eigenvalue weighted by Gasteiger charge is 2.21. The van der Waals surface area contributed by atoms with Gasteiger partial charge < -0.3 is 0 Å². The Hall–Kier alpha value is -0.690. The van der Waals surface area contributed by atoms with Crippen LogP contribution in [0.25, 0.3) is 10.4 Å². The smallest absolute Gasteiger partial charge is 0.0399 e. The van der Waals surface area contributed by atoms with E-state index in [9.17, 15) is 0 Å². The predicted molar refractivity (Wildman–Crippen MR) is 35.9 cm³/mol. The van der Waals surface area contributed by atoms with E-state index in [2.05, 4.69) is 16.9 Å². The Morgan fingerprint density at radius 1 is 1.56 bits per heavy atom. The zero-order valence-electron chi connectivity index (χ0n) is 5.62. The normalized spacial score (nSPS) is 33.9. The van der Waals surface area contributed by atoms with Crippen molar-refractivity contribution >= 4 is 0 Å². The highest BCUT2D eigenvalue weighted by molar-refractivity contribution is 4.79. The lowest BCUT2D eigenvalue weighted by Gasteiger charge is -2.05. The fourth-order valence-corrected chi connectivity index (χ4v) is 1.36. The maximum Gasteiger partial charge on any atom is 0.0399 e. The van der Waals surface area contributed by atoms with Crippen molar-refractivity contribution in [3.05, 3.63) is 10.4 Å². The van der Waals surface area contributed by atoms with Gasteiger partial charge in [-0.2, -0.15) is 0 Å². The molecule has 0 aliphatic heterocycles. The number of nitrogens with zero attached hydrogens (tertiary/aromatic N) is 3. The monoisotopic (exact) mass is 125 g/mol. The van der Waals surface area contributed by atoms with Gasteiger partial charge >= 0.3 is 0 Å². The van der Waals surface area contributed by atoms with Crippen molar-refractivity contribution in [1.82, 2.24) is 0 Å². The van der Waals surface area contributed by atoms with E-state index in [4.69, 9.17) is 5.53 Å². The molecule has 0 N–H and O–H groups in total. The molecule has 1 fully saturated rings. The molecule has 0 bridgehead atoms. The summed E-state index contributed by atoms with van der Waals surface area (Å²) < 4.78 is 0. The molecule has 0 amide bonds. The zero-order valence-corrected chi connectivity index (χ0v) is 5.62. The van der Waals surface area contributed by atoms with Crippen molar-refractivity contribution in [3.8, 4) is 0 Å². The molecule has 0 aromatic heterocycles. The Kier molecular flexibility index (Phi) is 1.96. The van der Waals surface area contributed by atoms with Crippen LogP contribution in [0.2, 0.25) is 0 Å². The molecule has 1 rings (SSSR count). The van der Waals surface area contributed by atoms with Crippen LogP contribution in [0.15, 0.2) is 5.11 Å². The van der Waals surface area contributed by atoms with Crippen LogP contribution in [-0.4, -0.2) is 6.04 Å². The highest BCUT2D eigenvalue weighted by Crippen LogP contribution is 2.27. The van der Waals surface area contributed by atoms with Crippen molar-refractivity contribution in [2.75, 3.05) is 0 Å². The summed E-state index contributed by atoms with van der Waals surface area (Å²) in [5.41, 5.74) is 8.10. The van der Waals surface area contributed by atoms with E-state index < -0.39 is 0 Å². The zero-order chi connectivity index (χ0) is 6.69. The fourth-order valence-electron chi connectivity index (χ4n) is 1.36. The van der Waals surface area contributed by atoms with E-state index in [1.165, 1.54) is 12.8 Å². The number of hydrogen-bond acceptors (Lipinski definition) is 1. The highest BCUT2D eigenvalue weighted by atomic mass is 15.1. The first-order chi connectivity index (χ1) is 4.34. The van der Waals surface area contributed by atoms with Crippen molar-refractivity contribution in [3.63, 3.8) is 0 Å². The Balaban J connectivity index is 2.49. The Morgan fingerprint density at radius 3 is 2.78 bits per heavy atom. The fraction of sp³-hybridized carbons (Fsp3) is 1.00. The molecule has 9 heavy (non-hydrogen) atoms. The minimum atomic E-state index is 0.287. The van der Waals surface area contributed by atoms with Gasteiger partial charge in [0.1, 0.15) is 0 Å². The summed E-state index contributed by atoms with van der Waals surface area (Å²) >= 11 is 0. The van der Waals surface area contributed by atoms with Crippen LogP contribution in [-0.2, 0) is 0 Å². The molecule has 2 atom stereocenters. The van der Waals surface area contributed by atoms with Gasteiger partial charge in [-0.1, -0.05) is 24.9 Å². The largest absolute Gasteiger partial charge is 0.0903 e. The third-order valence-electron chi connectivity index (χ3n) is 2.02. The maximum absolute atomic E-state index is 8.10. The van der Waals surface area contributed by atoms with E-state index in [0.29, 0.717) is 5.92 Å². The van der Waals surface area contributed by atoms with Crippen molar-refractivity contribution < 1.29 is 0 Å². The molecule has 0 spiro atoms. The van der Waals surface area contributed by atoms with Crippen LogP contribution in [0.3, 0.4) is 0 Å². The van der Waals surface area contributed by atoms with Gasteiger partial charge in [-0.3, -0.25) is 0 Å². The van der Waals surface area contributed by atoms with E-state index in [1.54, 1.807) is 0 Å². The molecule has 50 valence electrons. The Bertz CT molecular complexity index is 137. The van der Waals surface area contributed by atoms with Crippen LogP contribution in [0.4, 0.5) is 0 Å². The van der Waals surface area contributed by atoms with Crippen LogP contribution in [0, 0.1) is 5.92 Å². The van der Waals surface area contributed by atoms with Gasteiger partial charge in [-0.25, -0.2) is 0 Å². The van der Waals surface area contributed by atoms with Gasteiger partial charge in [0.2, 0.25) is 0 Å². The first-order valence-corrected chi connectivity index (χ1v) is 3.39. The Labute approximate surface area is 54.7 Å². The predicted octanol–water partition coefficient (Wildman–Crippen LogP) is 2.49. The van der Waals surface area contributed by atoms with Gasteiger partial charge in [-0.05, 0) is 17.9 Å². The summed E-state index contributed by atoms with van der Waals surface area (Å²) in [4.78, 5) is 2.79. The second-order valence-corrected chi connectivity index (χ2v) is 2.68. The molecule has 0 radical (unpaired) electrons. The average molecular weight is 125 g/mol. The summed E-state index contributed by atoms with van der Waals surface area (Å²) in [5.74, 6) is 0.612. The molecular weight excluding hydrogens is 114 g/mol. The lowest BCUT2D eigenvalue weighted by molar-refractivity contribution is 0.525. The SMILES string of the molecule is C[C@@H]1CCC[C@H]1N=[N+]=[N-]. The molecule has 3 heteroatoms. The summed E-state index contributed by atoms with van der Waals surface area (Å²) in [7, 11) is 0. The molecule has 0 heterocycles. The quantitative estimate of drug-likeness (QED) is 0.293. The summed E-state index contributed by atoms with van der Waals surface area (Å²) in [6, 6.07) is 0.287. The molecule has 1 saturated carbocycles. The molecule has 3 nitrogen and oxygen atoms in total. The van der Waals surface area contributed by atoms with Crippen molar-refractivity contribution in [2.45, 2.75) is 32.2 Å². The molecule has 1 aliphatic rings. The standard InChI is InChI=1S/C6H11N3/c1-5-3-2-4-6(5)8-9-7/h5-6H,2-4H2,1H3/t5-,6-/m1/s1. The summed E-state index contributed by atoms with van der Waals surface area (Å²) in [6.07, 6.45) is 3.54. The molecular formula is C6H11N3. The van der Waals surface area contributed by atoms with Crippen LogP contribution >= 0.6 is 0 Å². The summed E-state index contributed by atoms with van der Waals surface area (Å²) in [6.45, 7) is 2.15. The maximum atomic E-state index is 8.10. The first-order valence-electron chi connectivity index (χ1n) is 3.39. The van der Waals surface area contributed by atoms with Gasteiger partial charge in [0.15, 0.2) is 0 Å². The number of rotatable bonds is 1. The van der Waals surface area contributed by atoms with E-state index in [-0.39, 0.29) is 6.04 Å². The minimum absolute atomic E-state index is 0.287. The number of azide groups is 1. The van der Waals surface area contributed by atoms with Gasteiger partial charge in [0, 0.05) is 11.0 Å². The van der Waals surface area contributed by atoms with E-state index in [0.717, 1.165) is 6.42 Å². The third-order valence-corrected chi connectivity index (χ3v) is 2.02. The van der Waals surface area contributed by atoms with Crippen LogP contribution in [0.1, 0.15) is 26.2 Å². The van der Waals surface area contributed by atoms with Gasteiger partial charge in [-0.15, -0.1) is 0 Å². The second kappa shape index (κ2) is 2.74. The summed E-state index contributed by atoms with van der Waals surface area (Å²) in [5, 5.41) is 3.69. The van der Waals surface area contributed by atoms with Gasteiger partial charge in [0.05, 0.1) is 0 Å². The topological polar surface area (TPSA) is 48.8 Å². The lowest BCUT2D eigenvalue weighted by Crippen LogP contribution is -2.05. The Morgan fingerprint density at radius 2 is 2.33 bits per heavy atom. The van der Waals surface area contributed by atoms with E-state index >= 15 is 0 Å². The third kappa shape index (κ3) is 1.36. The average Bonchev–Trinajstić information content (AvgIpc) is 2.18. The molecule has 0 unspecified atom stereocenters. The molecule has 0 aromatic rings. The first kappa shape index (κ1) is 6.43. The lowest BCUT2D eigenvalue weighted by atomic mass is 10.1. The van der Waals surface area contributed by atoms with E-state index in [1.807, 2.05) is 0 Å². The minimum Gasteiger partial charge on any atom is -0.0903 e. The van der Waals surface area contributed by atoms with Crippen molar-refractivity contribution in [2.24, 2.45) is 11.0 Å². The number of hydrogen-bond donors (Lipinski definition) is 0. The van der Waals surface area contributed by atoms with Crippen LogP contribution in [0.5, 0.6) is 0 Å². The van der Waals surface area contributed by atoms with Crippen molar-refractivity contribution in [1.29, 1.82) is 0 Å². The van der Waals surface area contributed by atoms with Crippen LogP contribution < -0.4 is 0 Å². The molecule has 0 saturated heterocycles. The molecule has 1 aliphatic carbocycles. The van der Waals surface area contributed by atoms with Gasteiger partial charge in [0.25, 0.3) is 0 Å². The second-order valence-electron chi connectivity index (χ2n) is 2.68. The molecule has 0 aromatic carbocycles.